The van der Waals surface area contributed by atoms with Gasteiger partial charge >= 0.3 is 0 Å². The summed E-state index contributed by atoms with van der Waals surface area (Å²) < 4.78 is 0. The van der Waals surface area contributed by atoms with Gasteiger partial charge in [-0.3, -0.25) is 15.1 Å². The van der Waals surface area contributed by atoms with Gasteiger partial charge in [-0.25, -0.2) is 4.98 Å². The highest BCUT2D eigenvalue weighted by Gasteiger charge is 2.17. The highest BCUT2D eigenvalue weighted by Crippen LogP contribution is 2.40. The van der Waals surface area contributed by atoms with E-state index in [9.17, 15) is 4.79 Å². The molecule has 0 aliphatic carbocycles. The summed E-state index contributed by atoms with van der Waals surface area (Å²) in [6, 6.07) is 17.6. The maximum atomic E-state index is 12.4. The number of hydrogen-bond donors (Lipinski definition) is 1. The lowest BCUT2D eigenvalue weighted by Crippen LogP contribution is -2.11. The Bertz CT molecular complexity index is 980. The highest BCUT2D eigenvalue weighted by atomic mass is 32.1. The monoisotopic (exact) mass is 363 g/mol. The van der Waals surface area contributed by atoms with E-state index in [1.165, 1.54) is 11.3 Å². The van der Waals surface area contributed by atoms with Crippen LogP contribution in [0.1, 0.15) is 10.4 Å². The molecule has 0 radical (unpaired) electrons. The Morgan fingerprint density at radius 3 is 2.60 bits per heavy atom. The topological polar surface area (TPSA) is 54.9 Å². The lowest BCUT2D eigenvalue weighted by atomic mass is 10.1. The molecule has 4 aromatic rings. The second-order valence-electron chi connectivity index (χ2n) is 5.24. The largest absolute Gasteiger partial charge is 0.298 e. The first-order chi connectivity index (χ1) is 12.3. The van der Waals surface area contributed by atoms with Crippen molar-refractivity contribution in [3.05, 3.63) is 77.9 Å². The normalized spacial score (nSPS) is 10.6. The number of thiazole rings is 1. The van der Waals surface area contributed by atoms with Crippen molar-refractivity contribution < 1.29 is 4.79 Å². The number of thiophene rings is 1. The van der Waals surface area contributed by atoms with Gasteiger partial charge < -0.3 is 0 Å². The third-order valence-corrected chi connectivity index (χ3v) is 5.46. The standard InChI is InChI=1S/C19H13N3OS2/c23-18(14-8-4-10-20-12-14)22-19-21-16(15-9-5-11-24-15)17(25-19)13-6-2-1-3-7-13/h1-12H,(H,21,22,23). The van der Waals surface area contributed by atoms with Crippen LogP contribution in [0.5, 0.6) is 0 Å². The number of nitrogens with zero attached hydrogens (tertiary/aromatic N) is 2. The first-order valence-electron chi connectivity index (χ1n) is 7.63. The third-order valence-electron chi connectivity index (χ3n) is 3.56. The van der Waals surface area contributed by atoms with Crippen molar-refractivity contribution in [1.82, 2.24) is 9.97 Å². The quantitative estimate of drug-likeness (QED) is 0.543. The van der Waals surface area contributed by atoms with Gasteiger partial charge in [-0.1, -0.05) is 47.7 Å². The molecule has 3 heterocycles. The van der Waals surface area contributed by atoms with Gasteiger partial charge in [0.25, 0.3) is 5.91 Å². The Hall–Kier alpha value is -2.83. The van der Waals surface area contributed by atoms with E-state index in [0.29, 0.717) is 10.7 Å². The van der Waals surface area contributed by atoms with Gasteiger partial charge in [0.1, 0.15) is 5.69 Å². The summed E-state index contributed by atoms with van der Waals surface area (Å²) >= 11 is 3.11. The Kier molecular flexibility index (Phi) is 4.37. The maximum Gasteiger partial charge on any atom is 0.259 e. The Labute approximate surface area is 152 Å². The average molecular weight is 363 g/mol. The molecule has 0 aliphatic heterocycles. The van der Waals surface area contributed by atoms with E-state index < -0.39 is 0 Å². The maximum absolute atomic E-state index is 12.4. The van der Waals surface area contributed by atoms with Crippen molar-refractivity contribution in [3.8, 4) is 21.0 Å². The first-order valence-corrected chi connectivity index (χ1v) is 9.32. The van der Waals surface area contributed by atoms with Crippen LogP contribution in [0, 0.1) is 0 Å². The van der Waals surface area contributed by atoms with E-state index >= 15 is 0 Å². The predicted molar refractivity (Wildman–Crippen MR) is 103 cm³/mol. The van der Waals surface area contributed by atoms with E-state index in [0.717, 1.165) is 21.0 Å². The van der Waals surface area contributed by atoms with E-state index in [4.69, 9.17) is 0 Å². The fourth-order valence-electron chi connectivity index (χ4n) is 2.41. The molecule has 4 rings (SSSR count). The third kappa shape index (κ3) is 3.35. The van der Waals surface area contributed by atoms with Crippen LogP contribution in [0.4, 0.5) is 5.13 Å². The van der Waals surface area contributed by atoms with Crippen molar-refractivity contribution in [3.63, 3.8) is 0 Å². The fraction of sp³-hybridized carbons (Fsp3) is 0. The van der Waals surface area contributed by atoms with Crippen LogP contribution in [0.25, 0.3) is 21.0 Å². The van der Waals surface area contributed by atoms with E-state index in [-0.39, 0.29) is 5.91 Å². The summed E-state index contributed by atoms with van der Waals surface area (Å²) in [5, 5.41) is 5.49. The van der Waals surface area contributed by atoms with Crippen LogP contribution >= 0.6 is 22.7 Å². The van der Waals surface area contributed by atoms with Crippen molar-refractivity contribution in [2.75, 3.05) is 5.32 Å². The van der Waals surface area contributed by atoms with Gasteiger partial charge in [-0.2, -0.15) is 0 Å². The smallest absolute Gasteiger partial charge is 0.259 e. The molecular formula is C19H13N3OS2. The van der Waals surface area contributed by atoms with Crippen LogP contribution in [-0.4, -0.2) is 15.9 Å². The molecular weight excluding hydrogens is 350 g/mol. The van der Waals surface area contributed by atoms with E-state index in [1.54, 1.807) is 35.9 Å². The molecule has 6 heteroatoms. The van der Waals surface area contributed by atoms with Gasteiger partial charge in [-0.15, -0.1) is 11.3 Å². The first kappa shape index (κ1) is 15.7. The fourth-order valence-corrected chi connectivity index (χ4v) is 4.17. The number of nitrogens with one attached hydrogen (secondary N) is 1. The summed E-state index contributed by atoms with van der Waals surface area (Å²) in [4.78, 5) is 23.2. The van der Waals surface area contributed by atoms with Gasteiger partial charge in [0.15, 0.2) is 5.13 Å². The van der Waals surface area contributed by atoms with E-state index in [1.807, 2.05) is 35.7 Å². The highest BCUT2D eigenvalue weighted by molar-refractivity contribution is 7.20. The minimum absolute atomic E-state index is 0.209. The predicted octanol–water partition coefficient (Wildman–Crippen LogP) is 5.19. The molecule has 1 amide bonds. The molecule has 0 fully saturated rings. The molecule has 0 unspecified atom stereocenters. The summed E-state index contributed by atoms with van der Waals surface area (Å²) in [5.41, 5.74) is 2.49. The number of hydrogen-bond acceptors (Lipinski definition) is 5. The minimum Gasteiger partial charge on any atom is -0.298 e. The van der Waals surface area contributed by atoms with Crippen LogP contribution in [0.2, 0.25) is 0 Å². The molecule has 1 N–H and O–H groups in total. The SMILES string of the molecule is O=C(Nc1nc(-c2cccs2)c(-c2ccccc2)s1)c1cccnc1. The Balaban J connectivity index is 1.71. The summed E-state index contributed by atoms with van der Waals surface area (Å²) in [7, 11) is 0. The number of rotatable bonds is 4. The molecule has 4 nitrogen and oxygen atoms in total. The van der Waals surface area contributed by atoms with Crippen LogP contribution < -0.4 is 5.32 Å². The molecule has 122 valence electrons. The lowest BCUT2D eigenvalue weighted by Gasteiger charge is -2.00. The van der Waals surface area contributed by atoms with Crippen LogP contribution in [0.15, 0.2) is 72.4 Å². The molecule has 0 saturated heterocycles. The zero-order valence-corrected chi connectivity index (χ0v) is 14.7. The van der Waals surface area contributed by atoms with Gasteiger partial charge in [0.2, 0.25) is 0 Å². The van der Waals surface area contributed by atoms with Crippen LogP contribution in [0.3, 0.4) is 0 Å². The number of pyridine rings is 1. The van der Waals surface area contributed by atoms with Crippen molar-refractivity contribution in [1.29, 1.82) is 0 Å². The molecule has 0 saturated carbocycles. The lowest BCUT2D eigenvalue weighted by molar-refractivity contribution is 0.102. The average Bonchev–Trinajstić information content (AvgIpc) is 3.33. The molecule has 0 spiro atoms. The van der Waals surface area contributed by atoms with Crippen molar-refractivity contribution in [2.45, 2.75) is 0 Å². The van der Waals surface area contributed by atoms with Crippen molar-refractivity contribution >= 4 is 33.7 Å². The second-order valence-corrected chi connectivity index (χ2v) is 7.18. The number of benzene rings is 1. The van der Waals surface area contributed by atoms with Gasteiger partial charge in [-0.05, 0) is 29.1 Å². The molecule has 3 aromatic heterocycles. The van der Waals surface area contributed by atoms with Crippen LogP contribution in [-0.2, 0) is 0 Å². The summed E-state index contributed by atoms with van der Waals surface area (Å²) in [6.45, 7) is 0. The minimum atomic E-state index is -0.209. The number of carbonyl (C=O) groups excluding carboxylic acids is 1. The van der Waals surface area contributed by atoms with Crippen molar-refractivity contribution in [2.24, 2.45) is 0 Å². The van der Waals surface area contributed by atoms with Gasteiger partial charge in [0.05, 0.1) is 15.3 Å². The Morgan fingerprint density at radius 1 is 1.00 bits per heavy atom. The van der Waals surface area contributed by atoms with Gasteiger partial charge in [0, 0.05) is 12.4 Å². The summed E-state index contributed by atoms with van der Waals surface area (Å²) in [5.74, 6) is -0.209. The summed E-state index contributed by atoms with van der Waals surface area (Å²) in [6.07, 6.45) is 3.18. The molecule has 25 heavy (non-hydrogen) atoms. The number of amides is 1. The van der Waals surface area contributed by atoms with E-state index in [2.05, 4.69) is 27.4 Å². The molecule has 0 bridgehead atoms. The molecule has 1 aromatic carbocycles. The molecule has 0 aliphatic rings. The Morgan fingerprint density at radius 2 is 1.88 bits per heavy atom. The number of anilines is 1. The zero-order valence-electron chi connectivity index (χ0n) is 13.0. The zero-order chi connectivity index (χ0) is 17.1. The molecule has 0 atom stereocenters. The number of carbonyl (C=O) groups is 1. The second kappa shape index (κ2) is 6.96. The number of aromatic nitrogens is 2.